The molecule has 5 rings (SSSR count). The van der Waals surface area contributed by atoms with E-state index in [0.29, 0.717) is 25.8 Å². The van der Waals surface area contributed by atoms with Gasteiger partial charge in [-0.2, -0.15) is 9.97 Å². The molecule has 2 aromatic heterocycles. The fourth-order valence-electron chi connectivity index (χ4n) is 4.23. The lowest BCUT2D eigenvalue weighted by atomic mass is 10.0. The highest BCUT2D eigenvalue weighted by atomic mass is 16.5. The largest absolute Gasteiger partial charge is 0.462 e. The molecule has 0 radical (unpaired) electrons. The molecule has 1 aromatic carbocycles. The zero-order valence-electron chi connectivity index (χ0n) is 19.4. The second kappa shape index (κ2) is 9.99. The van der Waals surface area contributed by atoms with Gasteiger partial charge in [0.2, 0.25) is 0 Å². The van der Waals surface area contributed by atoms with Crippen molar-refractivity contribution in [2.24, 2.45) is 0 Å². The highest BCUT2D eigenvalue weighted by Crippen LogP contribution is 2.30. The molecule has 2 saturated heterocycles. The third-order valence-corrected chi connectivity index (χ3v) is 6.40. The number of rotatable bonds is 6. The van der Waals surface area contributed by atoms with Crippen LogP contribution in [0.25, 0.3) is 22.2 Å². The van der Waals surface area contributed by atoms with E-state index in [1.807, 2.05) is 6.20 Å². The van der Waals surface area contributed by atoms with Crippen LogP contribution in [-0.4, -0.2) is 85.6 Å². The van der Waals surface area contributed by atoms with Gasteiger partial charge in [-0.25, -0.2) is 0 Å². The molecule has 33 heavy (non-hydrogen) atoms. The number of hydrogen-bond donors (Lipinski definition) is 0. The van der Waals surface area contributed by atoms with Gasteiger partial charge in [0.05, 0.1) is 43.8 Å². The van der Waals surface area contributed by atoms with Gasteiger partial charge >= 0.3 is 6.01 Å². The Balaban J connectivity index is 1.45. The van der Waals surface area contributed by atoms with E-state index in [4.69, 9.17) is 24.2 Å². The number of aryl methyl sites for hydroxylation is 2. The van der Waals surface area contributed by atoms with Crippen LogP contribution >= 0.6 is 0 Å². The number of morpholine rings is 2. The average molecular weight is 450 g/mol. The first kappa shape index (κ1) is 22.0. The number of nitrogens with zero attached hydrogens (tertiary/aromatic N) is 5. The van der Waals surface area contributed by atoms with Gasteiger partial charge < -0.3 is 19.1 Å². The first-order valence-corrected chi connectivity index (χ1v) is 11.7. The van der Waals surface area contributed by atoms with E-state index in [1.54, 1.807) is 0 Å². The Labute approximate surface area is 194 Å². The predicted molar refractivity (Wildman–Crippen MR) is 128 cm³/mol. The van der Waals surface area contributed by atoms with E-state index in [-0.39, 0.29) is 0 Å². The fraction of sp³-hybridized carbons (Fsp3) is 0.480. The Morgan fingerprint density at radius 2 is 1.67 bits per heavy atom. The topological polar surface area (TPSA) is 72.8 Å². The summed E-state index contributed by atoms with van der Waals surface area (Å²) in [6.07, 6.45) is 1.83. The first-order valence-electron chi connectivity index (χ1n) is 11.7. The molecular weight excluding hydrogens is 418 g/mol. The van der Waals surface area contributed by atoms with Crippen LogP contribution in [0.2, 0.25) is 0 Å². The van der Waals surface area contributed by atoms with Gasteiger partial charge in [0.25, 0.3) is 0 Å². The van der Waals surface area contributed by atoms with E-state index in [0.717, 1.165) is 73.9 Å². The number of anilines is 1. The van der Waals surface area contributed by atoms with Gasteiger partial charge in [-0.1, -0.05) is 12.1 Å². The second-order valence-electron chi connectivity index (χ2n) is 8.62. The molecule has 8 nitrogen and oxygen atoms in total. The molecule has 8 heteroatoms. The van der Waals surface area contributed by atoms with Crippen LogP contribution in [0.4, 0.5) is 5.82 Å². The number of hydrogen-bond acceptors (Lipinski definition) is 8. The number of pyridine rings is 1. The zero-order valence-corrected chi connectivity index (χ0v) is 19.4. The van der Waals surface area contributed by atoms with Crippen molar-refractivity contribution in [3.63, 3.8) is 0 Å². The van der Waals surface area contributed by atoms with E-state index < -0.39 is 0 Å². The second-order valence-corrected chi connectivity index (χ2v) is 8.62. The van der Waals surface area contributed by atoms with Gasteiger partial charge in [0.1, 0.15) is 12.4 Å². The number of benzene rings is 1. The quantitative estimate of drug-likeness (QED) is 0.569. The Kier molecular flexibility index (Phi) is 6.66. The van der Waals surface area contributed by atoms with Crippen molar-refractivity contribution in [1.29, 1.82) is 0 Å². The van der Waals surface area contributed by atoms with Crippen LogP contribution in [-0.2, 0) is 9.47 Å². The number of ether oxygens (including phenoxy) is 3. The van der Waals surface area contributed by atoms with Crippen molar-refractivity contribution in [2.75, 3.05) is 70.7 Å². The molecule has 0 unspecified atom stereocenters. The Morgan fingerprint density at radius 1 is 0.909 bits per heavy atom. The molecule has 2 aliphatic rings. The van der Waals surface area contributed by atoms with Gasteiger partial charge in [-0.05, 0) is 37.1 Å². The molecule has 0 N–H and O–H groups in total. The summed E-state index contributed by atoms with van der Waals surface area (Å²) in [4.78, 5) is 18.8. The molecule has 0 bridgehead atoms. The van der Waals surface area contributed by atoms with Crippen molar-refractivity contribution in [2.45, 2.75) is 13.8 Å². The van der Waals surface area contributed by atoms with Crippen molar-refractivity contribution >= 4 is 16.7 Å². The summed E-state index contributed by atoms with van der Waals surface area (Å²) in [5, 5.41) is 0.987. The summed E-state index contributed by atoms with van der Waals surface area (Å²) < 4.78 is 17.0. The normalized spacial score (nSPS) is 17.5. The maximum absolute atomic E-state index is 6.00. The highest BCUT2D eigenvalue weighted by Gasteiger charge is 2.19. The minimum Gasteiger partial charge on any atom is -0.462 e. The molecule has 174 valence electrons. The first-order chi connectivity index (χ1) is 16.2. The van der Waals surface area contributed by atoms with E-state index in [9.17, 15) is 0 Å². The molecule has 2 fully saturated rings. The molecule has 4 heterocycles. The van der Waals surface area contributed by atoms with Gasteiger partial charge in [0, 0.05) is 43.7 Å². The molecule has 0 saturated carbocycles. The summed E-state index contributed by atoms with van der Waals surface area (Å²) in [5.41, 5.74) is 5.34. The lowest BCUT2D eigenvalue weighted by molar-refractivity contribution is 0.0317. The Bertz CT molecular complexity index is 1110. The smallest absolute Gasteiger partial charge is 0.319 e. The third kappa shape index (κ3) is 5.08. The molecule has 0 spiro atoms. The Morgan fingerprint density at radius 3 is 2.42 bits per heavy atom. The molecule has 0 aliphatic carbocycles. The molecule has 0 amide bonds. The van der Waals surface area contributed by atoms with Crippen molar-refractivity contribution in [3.05, 3.63) is 41.6 Å². The summed E-state index contributed by atoms with van der Waals surface area (Å²) in [5.74, 6) is 0.886. The van der Waals surface area contributed by atoms with Crippen molar-refractivity contribution in [1.82, 2.24) is 19.9 Å². The lowest BCUT2D eigenvalue weighted by Gasteiger charge is -2.29. The maximum Gasteiger partial charge on any atom is 0.319 e. The highest BCUT2D eigenvalue weighted by molar-refractivity contribution is 5.92. The third-order valence-electron chi connectivity index (χ3n) is 6.40. The van der Waals surface area contributed by atoms with Crippen molar-refractivity contribution < 1.29 is 14.2 Å². The lowest BCUT2D eigenvalue weighted by Crippen LogP contribution is -2.39. The average Bonchev–Trinajstić information content (AvgIpc) is 2.86. The fourth-order valence-corrected chi connectivity index (χ4v) is 4.23. The molecular formula is C25H31N5O3. The molecule has 0 atom stereocenters. The monoisotopic (exact) mass is 449 g/mol. The molecule has 3 aromatic rings. The zero-order chi connectivity index (χ0) is 22.6. The summed E-state index contributed by atoms with van der Waals surface area (Å²) >= 11 is 0. The number of fused-ring (bicyclic) bond motifs is 1. The van der Waals surface area contributed by atoms with Crippen LogP contribution in [0, 0.1) is 13.8 Å². The van der Waals surface area contributed by atoms with E-state index in [2.05, 4.69) is 52.9 Å². The van der Waals surface area contributed by atoms with Gasteiger partial charge in [-0.15, -0.1) is 0 Å². The van der Waals surface area contributed by atoms with Crippen LogP contribution in [0.3, 0.4) is 0 Å². The van der Waals surface area contributed by atoms with Crippen LogP contribution in [0.5, 0.6) is 6.01 Å². The summed E-state index contributed by atoms with van der Waals surface area (Å²) in [7, 11) is 0. The van der Waals surface area contributed by atoms with Gasteiger partial charge in [0.15, 0.2) is 0 Å². The SMILES string of the molecule is Cc1ccc(-c2cc3c(N4CCOCC4)nc(OCCN4CCOCC4)nc3cn2)cc1C. The van der Waals surface area contributed by atoms with Crippen LogP contribution < -0.4 is 9.64 Å². The van der Waals surface area contributed by atoms with Gasteiger partial charge in [-0.3, -0.25) is 9.88 Å². The van der Waals surface area contributed by atoms with Crippen LogP contribution in [0.1, 0.15) is 11.1 Å². The van der Waals surface area contributed by atoms with E-state index >= 15 is 0 Å². The molecule has 2 aliphatic heterocycles. The maximum atomic E-state index is 6.00. The summed E-state index contributed by atoms with van der Waals surface area (Å²) in [6.45, 7) is 12.0. The number of aromatic nitrogens is 3. The van der Waals surface area contributed by atoms with Crippen molar-refractivity contribution in [3.8, 4) is 17.3 Å². The Hall–Kier alpha value is -2.81. The van der Waals surface area contributed by atoms with Crippen LogP contribution in [0.15, 0.2) is 30.5 Å². The standard InChI is InChI=1S/C25H31N5O3/c1-18-3-4-20(15-19(18)2)22-16-21-23(17-26-22)27-25(28-24(21)30-8-12-32-13-9-30)33-14-7-29-5-10-31-11-6-29/h3-4,15-17H,5-14H2,1-2H3. The minimum atomic E-state index is 0.401. The minimum absolute atomic E-state index is 0.401. The predicted octanol–water partition coefficient (Wildman–Crippen LogP) is 2.86. The summed E-state index contributed by atoms with van der Waals surface area (Å²) in [6, 6.07) is 8.94. The van der Waals surface area contributed by atoms with E-state index in [1.165, 1.54) is 11.1 Å².